The predicted molar refractivity (Wildman–Crippen MR) is 149 cm³/mol. The van der Waals surface area contributed by atoms with Crippen LogP contribution in [0, 0.1) is 18.8 Å². The van der Waals surface area contributed by atoms with Crippen LogP contribution in [-0.2, 0) is 6.61 Å². The molecule has 0 aliphatic heterocycles. The van der Waals surface area contributed by atoms with Crippen LogP contribution in [0.1, 0.15) is 67.5 Å². The fourth-order valence-electron chi connectivity index (χ4n) is 4.18. The third-order valence-corrected chi connectivity index (χ3v) is 7.36. The number of aldehydes is 1. The van der Waals surface area contributed by atoms with E-state index in [1.807, 2.05) is 0 Å². The Kier molecular flexibility index (Phi) is 7.67. The van der Waals surface area contributed by atoms with Crippen LogP contribution < -0.4 is 4.74 Å². The number of benzene rings is 3. The van der Waals surface area contributed by atoms with Crippen molar-refractivity contribution >= 4 is 47.1 Å². The van der Waals surface area contributed by atoms with Crippen LogP contribution in [-0.4, -0.2) is 22.5 Å². The molecule has 1 aliphatic carbocycles. The van der Waals surface area contributed by atoms with Crippen LogP contribution in [0.4, 0.5) is 0 Å². The molecule has 3 aromatic carbocycles. The number of aromatic nitrogens is 1. The molecule has 1 aliphatic rings. The van der Waals surface area contributed by atoms with E-state index in [0.717, 1.165) is 24.2 Å². The van der Waals surface area contributed by atoms with Crippen LogP contribution in [0.5, 0.6) is 5.75 Å². The van der Waals surface area contributed by atoms with E-state index in [4.69, 9.17) is 44.1 Å². The summed E-state index contributed by atoms with van der Waals surface area (Å²) in [6.45, 7) is 1.81. The van der Waals surface area contributed by atoms with Gasteiger partial charge in [0.15, 0.2) is 0 Å². The smallest absolute Gasteiger partial charge is 0.336 e. The number of halogens is 3. The third-order valence-electron chi connectivity index (χ3n) is 6.42. The molecule has 0 saturated heterocycles. The highest BCUT2D eigenvalue weighted by atomic mass is 35.5. The summed E-state index contributed by atoms with van der Waals surface area (Å²) in [6, 6.07) is 13.2. The second kappa shape index (κ2) is 11.2. The monoisotopic (exact) mass is 579 g/mol. The summed E-state index contributed by atoms with van der Waals surface area (Å²) in [5.74, 6) is 6.33. The van der Waals surface area contributed by atoms with Gasteiger partial charge in [-0.1, -0.05) is 57.9 Å². The van der Waals surface area contributed by atoms with Crippen molar-refractivity contribution in [1.82, 2.24) is 5.16 Å². The van der Waals surface area contributed by atoms with E-state index in [-0.39, 0.29) is 23.7 Å². The van der Waals surface area contributed by atoms with Crippen LogP contribution in [0.15, 0.2) is 53.1 Å². The molecule has 9 heteroatoms. The fourth-order valence-corrected chi connectivity index (χ4v) is 4.98. The fraction of sp³-hybridized carbons (Fsp3) is 0.167. The second-order valence-corrected chi connectivity index (χ2v) is 10.3. The highest BCUT2D eigenvalue weighted by Crippen LogP contribution is 2.46. The van der Waals surface area contributed by atoms with Gasteiger partial charge in [0.05, 0.1) is 26.2 Å². The van der Waals surface area contributed by atoms with Gasteiger partial charge in [-0.05, 0) is 61.7 Å². The molecule has 1 N–H and O–H groups in total. The Morgan fingerprint density at radius 2 is 1.79 bits per heavy atom. The number of hydrogen-bond donors (Lipinski definition) is 1. The highest BCUT2D eigenvalue weighted by Gasteiger charge is 2.33. The quantitative estimate of drug-likeness (QED) is 0.176. The molecular weight excluding hydrogens is 561 g/mol. The first-order valence-corrected chi connectivity index (χ1v) is 13.1. The van der Waals surface area contributed by atoms with Crippen molar-refractivity contribution in [3.63, 3.8) is 0 Å². The SMILES string of the molecule is Cc1c(C#Cc2ccc(OCc3c(-c4c(Cl)cccc4Cl)noc3C3CC3)cc2Cl)cc(C=O)cc1C(=O)O. The number of carbonyl (C=O) groups excluding carboxylic acids is 1. The van der Waals surface area contributed by atoms with Crippen molar-refractivity contribution < 1.29 is 24.0 Å². The predicted octanol–water partition coefficient (Wildman–Crippen LogP) is 7.98. The lowest BCUT2D eigenvalue weighted by Gasteiger charge is -2.10. The molecule has 1 fully saturated rings. The summed E-state index contributed by atoms with van der Waals surface area (Å²) in [5.41, 5.74) is 3.60. The van der Waals surface area contributed by atoms with Gasteiger partial charge in [0.2, 0.25) is 0 Å². The Balaban J connectivity index is 1.40. The van der Waals surface area contributed by atoms with Crippen molar-refractivity contribution in [1.29, 1.82) is 0 Å². The number of aromatic carboxylic acids is 1. The highest BCUT2D eigenvalue weighted by molar-refractivity contribution is 6.39. The van der Waals surface area contributed by atoms with Crippen LogP contribution in [0.2, 0.25) is 15.1 Å². The lowest BCUT2D eigenvalue weighted by molar-refractivity contribution is 0.0696. The molecule has 0 bridgehead atoms. The van der Waals surface area contributed by atoms with E-state index >= 15 is 0 Å². The summed E-state index contributed by atoms with van der Waals surface area (Å²) in [6.07, 6.45) is 2.62. The molecule has 1 aromatic heterocycles. The summed E-state index contributed by atoms with van der Waals surface area (Å²) in [7, 11) is 0. The minimum absolute atomic E-state index is 0.0236. The number of hydrogen-bond acceptors (Lipinski definition) is 5. The van der Waals surface area contributed by atoms with Gasteiger partial charge in [-0.15, -0.1) is 0 Å². The maximum atomic E-state index is 11.5. The number of ether oxygens (including phenoxy) is 1. The first-order valence-electron chi connectivity index (χ1n) is 12.0. The third kappa shape index (κ3) is 5.67. The number of carboxylic acids is 1. The average Bonchev–Trinajstić information content (AvgIpc) is 3.67. The molecule has 39 heavy (non-hydrogen) atoms. The van der Waals surface area contributed by atoms with E-state index in [1.54, 1.807) is 49.4 Å². The summed E-state index contributed by atoms with van der Waals surface area (Å²) >= 11 is 19.4. The zero-order chi connectivity index (χ0) is 27.7. The van der Waals surface area contributed by atoms with Crippen molar-refractivity contribution in [2.24, 2.45) is 0 Å². The summed E-state index contributed by atoms with van der Waals surface area (Å²) in [5, 5.41) is 15.0. The van der Waals surface area contributed by atoms with Crippen LogP contribution in [0.25, 0.3) is 11.3 Å². The van der Waals surface area contributed by atoms with Gasteiger partial charge in [-0.25, -0.2) is 4.79 Å². The number of nitrogens with zero attached hydrogens (tertiary/aromatic N) is 1. The maximum absolute atomic E-state index is 11.5. The zero-order valence-corrected chi connectivity index (χ0v) is 22.8. The molecule has 0 unspecified atom stereocenters. The Hall–Kier alpha value is -3.76. The molecule has 4 aromatic rings. The van der Waals surface area contributed by atoms with E-state index in [1.165, 1.54) is 6.07 Å². The normalized spacial score (nSPS) is 12.5. The average molecular weight is 581 g/mol. The van der Waals surface area contributed by atoms with Gasteiger partial charge in [0.1, 0.15) is 30.1 Å². The summed E-state index contributed by atoms with van der Waals surface area (Å²) in [4.78, 5) is 22.8. The van der Waals surface area contributed by atoms with Gasteiger partial charge in [0, 0.05) is 34.2 Å². The zero-order valence-electron chi connectivity index (χ0n) is 20.6. The molecule has 0 atom stereocenters. The minimum atomic E-state index is -1.13. The number of carboxylic acid groups (broad SMARTS) is 1. The molecule has 1 heterocycles. The lowest BCUT2D eigenvalue weighted by Crippen LogP contribution is -2.03. The van der Waals surface area contributed by atoms with Gasteiger partial charge in [0.25, 0.3) is 0 Å². The van der Waals surface area contributed by atoms with Crippen molar-refractivity contribution in [3.8, 4) is 28.8 Å². The van der Waals surface area contributed by atoms with Gasteiger partial charge < -0.3 is 14.4 Å². The van der Waals surface area contributed by atoms with Crippen LogP contribution in [0.3, 0.4) is 0 Å². The van der Waals surface area contributed by atoms with Crippen LogP contribution >= 0.6 is 34.8 Å². The van der Waals surface area contributed by atoms with Gasteiger partial charge in [-0.2, -0.15) is 0 Å². The molecule has 0 amide bonds. The molecule has 6 nitrogen and oxygen atoms in total. The van der Waals surface area contributed by atoms with E-state index in [0.29, 0.717) is 55.1 Å². The summed E-state index contributed by atoms with van der Waals surface area (Å²) < 4.78 is 11.8. The lowest BCUT2D eigenvalue weighted by atomic mass is 9.99. The maximum Gasteiger partial charge on any atom is 0.336 e. The molecular formula is C30H20Cl3NO5. The second-order valence-electron chi connectivity index (χ2n) is 9.09. The Morgan fingerprint density at radius 3 is 2.44 bits per heavy atom. The molecule has 5 rings (SSSR count). The van der Waals surface area contributed by atoms with E-state index < -0.39 is 5.97 Å². The molecule has 196 valence electrons. The van der Waals surface area contributed by atoms with E-state index in [9.17, 15) is 14.7 Å². The Bertz CT molecular complexity index is 1660. The van der Waals surface area contributed by atoms with Gasteiger partial charge in [-0.3, -0.25) is 4.79 Å². The number of carbonyl (C=O) groups is 2. The molecule has 0 spiro atoms. The Morgan fingerprint density at radius 1 is 1.08 bits per heavy atom. The standard InChI is InChI=1S/C30H20Cl3NO5/c1-16-20(11-17(14-35)12-22(16)30(36)37)8-5-18-9-10-21(13-26(18)33)38-15-23-28(34-39-29(23)19-6-7-19)27-24(31)3-2-4-25(27)32/h2-4,9-14,19H,6-7,15H2,1H3,(H,36,37). The largest absolute Gasteiger partial charge is 0.489 e. The molecule has 1 saturated carbocycles. The molecule has 0 radical (unpaired) electrons. The Labute approximate surface area is 239 Å². The number of rotatable bonds is 7. The van der Waals surface area contributed by atoms with Crippen molar-refractivity contribution in [2.75, 3.05) is 0 Å². The van der Waals surface area contributed by atoms with E-state index in [2.05, 4.69) is 17.0 Å². The first-order chi connectivity index (χ1) is 18.8. The van der Waals surface area contributed by atoms with Crippen molar-refractivity contribution in [3.05, 3.63) is 103 Å². The van der Waals surface area contributed by atoms with Gasteiger partial charge >= 0.3 is 5.97 Å². The first kappa shape index (κ1) is 26.8. The van der Waals surface area contributed by atoms with Crippen molar-refractivity contribution in [2.45, 2.75) is 32.3 Å². The minimum Gasteiger partial charge on any atom is -0.489 e. The topological polar surface area (TPSA) is 89.6 Å².